The third kappa shape index (κ3) is 2.68. The Balaban J connectivity index is 1.50. The van der Waals surface area contributed by atoms with Crippen LogP contribution in [0.3, 0.4) is 0 Å². The second-order valence-corrected chi connectivity index (χ2v) is 5.94. The first-order valence-electron chi connectivity index (χ1n) is 7.99. The van der Waals surface area contributed by atoms with Gasteiger partial charge in [-0.25, -0.2) is 0 Å². The molecule has 0 unspecified atom stereocenters. The topological polar surface area (TPSA) is 39.5 Å². The smallest absolute Gasteiger partial charge is 0.165 e. The minimum atomic E-state index is 0.542. The van der Waals surface area contributed by atoms with Crippen LogP contribution in [0.1, 0.15) is 18.4 Å². The van der Waals surface area contributed by atoms with Gasteiger partial charge < -0.3 is 9.47 Å². The second-order valence-electron chi connectivity index (χ2n) is 5.94. The molecule has 0 bridgehead atoms. The Hall–Kier alpha value is -2.01. The summed E-state index contributed by atoms with van der Waals surface area (Å²) in [5, 5.41) is 4.34. The van der Waals surface area contributed by atoms with E-state index in [1.807, 2.05) is 29.2 Å². The molecule has 5 heteroatoms. The molecule has 1 fully saturated rings. The number of hydrogen-bond donors (Lipinski definition) is 0. The van der Waals surface area contributed by atoms with Gasteiger partial charge in [0.1, 0.15) is 13.2 Å². The van der Waals surface area contributed by atoms with E-state index in [9.17, 15) is 0 Å². The minimum Gasteiger partial charge on any atom is -0.486 e. The van der Waals surface area contributed by atoms with Gasteiger partial charge in [0.2, 0.25) is 0 Å². The zero-order valence-electron chi connectivity index (χ0n) is 12.6. The summed E-state index contributed by atoms with van der Waals surface area (Å²) in [6, 6.07) is 8.72. The number of rotatable bonds is 4. The van der Waals surface area contributed by atoms with E-state index < -0.39 is 0 Å². The molecule has 1 atom stereocenters. The molecule has 0 radical (unpaired) electrons. The van der Waals surface area contributed by atoms with Crippen molar-refractivity contribution in [2.45, 2.75) is 32.0 Å². The van der Waals surface area contributed by atoms with Crippen molar-refractivity contribution in [3.8, 4) is 11.5 Å². The maximum Gasteiger partial charge on any atom is 0.165 e. The van der Waals surface area contributed by atoms with E-state index in [0.717, 1.165) is 31.1 Å². The molecule has 116 valence electrons. The molecular weight excluding hydrogens is 278 g/mol. The number of fused-ring (bicyclic) bond motifs is 1. The normalized spacial score (nSPS) is 21.2. The van der Waals surface area contributed by atoms with Gasteiger partial charge in [0.15, 0.2) is 11.5 Å². The van der Waals surface area contributed by atoms with Crippen molar-refractivity contribution in [2.75, 3.05) is 19.8 Å². The van der Waals surface area contributed by atoms with Gasteiger partial charge in [0.25, 0.3) is 0 Å². The van der Waals surface area contributed by atoms with Crippen LogP contribution in [0.5, 0.6) is 11.5 Å². The van der Waals surface area contributed by atoms with Crippen molar-refractivity contribution in [1.82, 2.24) is 14.7 Å². The maximum atomic E-state index is 5.84. The number of aromatic nitrogens is 2. The monoisotopic (exact) mass is 299 g/mol. The summed E-state index contributed by atoms with van der Waals surface area (Å²) in [6.45, 7) is 4.29. The number of nitrogens with zero attached hydrogens (tertiary/aromatic N) is 3. The van der Waals surface area contributed by atoms with Crippen molar-refractivity contribution in [1.29, 1.82) is 0 Å². The molecule has 0 amide bonds. The first kappa shape index (κ1) is 13.6. The lowest BCUT2D eigenvalue weighted by atomic mass is 10.1. The highest BCUT2D eigenvalue weighted by Gasteiger charge is 2.27. The zero-order valence-corrected chi connectivity index (χ0v) is 12.6. The summed E-state index contributed by atoms with van der Waals surface area (Å²) in [5.74, 6) is 1.81. The summed E-state index contributed by atoms with van der Waals surface area (Å²) in [7, 11) is 0. The van der Waals surface area contributed by atoms with Crippen LogP contribution in [0.15, 0.2) is 36.7 Å². The van der Waals surface area contributed by atoms with Gasteiger partial charge in [-0.3, -0.25) is 9.58 Å². The van der Waals surface area contributed by atoms with Crippen molar-refractivity contribution in [2.24, 2.45) is 0 Å². The van der Waals surface area contributed by atoms with Crippen molar-refractivity contribution < 1.29 is 9.47 Å². The van der Waals surface area contributed by atoms with Crippen LogP contribution < -0.4 is 9.47 Å². The first-order chi connectivity index (χ1) is 10.9. The second kappa shape index (κ2) is 6.01. The minimum absolute atomic E-state index is 0.542. The predicted octanol–water partition coefficient (Wildman–Crippen LogP) is 2.32. The number of likely N-dealkylation sites (tertiary alicyclic amines) is 1. The molecular formula is C17H21N3O2. The Morgan fingerprint density at radius 2 is 2.14 bits per heavy atom. The van der Waals surface area contributed by atoms with Crippen molar-refractivity contribution in [3.63, 3.8) is 0 Å². The molecule has 0 spiro atoms. The molecule has 2 aliphatic rings. The molecule has 0 aliphatic carbocycles. The average Bonchev–Trinajstić information content (AvgIpc) is 3.21. The third-order valence-corrected chi connectivity index (χ3v) is 4.48. The summed E-state index contributed by atoms with van der Waals surface area (Å²) >= 11 is 0. The van der Waals surface area contributed by atoms with E-state index in [2.05, 4.69) is 22.1 Å². The van der Waals surface area contributed by atoms with Gasteiger partial charge in [-0.05, 0) is 31.5 Å². The molecule has 2 aliphatic heterocycles. The van der Waals surface area contributed by atoms with Crippen LogP contribution in [-0.2, 0) is 13.1 Å². The van der Waals surface area contributed by atoms with Crippen LogP contribution in [0, 0.1) is 0 Å². The van der Waals surface area contributed by atoms with Crippen LogP contribution in [0.2, 0.25) is 0 Å². The molecule has 1 aromatic heterocycles. The van der Waals surface area contributed by atoms with Crippen LogP contribution in [0.25, 0.3) is 0 Å². The lowest BCUT2D eigenvalue weighted by Crippen LogP contribution is -2.33. The van der Waals surface area contributed by atoms with Gasteiger partial charge >= 0.3 is 0 Å². The van der Waals surface area contributed by atoms with Gasteiger partial charge in [-0.1, -0.05) is 12.1 Å². The summed E-state index contributed by atoms with van der Waals surface area (Å²) < 4.78 is 13.6. The van der Waals surface area contributed by atoms with E-state index in [0.29, 0.717) is 19.3 Å². The summed E-state index contributed by atoms with van der Waals surface area (Å²) in [6.07, 6.45) is 6.36. The third-order valence-electron chi connectivity index (χ3n) is 4.48. The highest BCUT2D eigenvalue weighted by Crippen LogP contribution is 2.35. The SMILES string of the molecule is c1cc(CN2CCC[C@@H]2Cn2cccn2)c2c(c1)OCCO2. The molecule has 3 heterocycles. The zero-order chi connectivity index (χ0) is 14.8. The molecule has 1 saturated heterocycles. The lowest BCUT2D eigenvalue weighted by Gasteiger charge is -2.27. The Labute approximate surface area is 130 Å². The fourth-order valence-electron chi connectivity index (χ4n) is 3.41. The Bertz CT molecular complexity index is 627. The van der Waals surface area contributed by atoms with Gasteiger partial charge in [0.05, 0.1) is 6.54 Å². The highest BCUT2D eigenvalue weighted by atomic mass is 16.6. The molecule has 22 heavy (non-hydrogen) atoms. The van der Waals surface area contributed by atoms with E-state index in [1.54, 1.807) is 0 Å². The largest absolute Gasteiger partial charge is 0.486 e. The number of para-hydroxylation sites is 1. The number of hydrogen-bond acceptors (Lipinski definition) is 4. The molecule has 2 aromatic rings. The van der Waals surface area contributed by atoms with Gasteiger partial charge in [-0.2, -0.15) is 5.10 Å². The lowest BCUT2D eigenvalue weighted by molar-refractivity contribution is 0.164. The molecule has 4 rings (SSSR count). The summed E-state index contributed by atoms with van der Waals surface area (Å²) in [5.41, 5.74) is 1.23. The molecule has 0 saturated carbocycles. The number of ether oxygens (including phenoxy) is 2. The van der Waals surface area contributed by atoms with Crippen LogP contribution in [0.4, 0.5) is 0 Å². The highest BCUT2D eigenvalue weighted by molar-refractivity contribution is 5.47. The van der Waals surface area contributed by atoms with E-state index in [4.69, 9.17) is 9.47 Å². The van der Waals surface area contributed by atoms with E-state index >= 15 is 0 Å². The van der Waals surface area contributed by atoms with E-state index in [-0.39, 0.29) is 0 Å². The summed E-state index contributed by atoms with van der Waals surface area (Å²) in [4.78, 5) is 2.54. The fourth-order valence-corrected chi connectivity index (χ4v) is 3.41. The maximum absolute atomic E-state index is 5.84. The van der Waals surface area contributed by atoms with Crippen LogP contribution in [-0.4, -0.2) is 40.5 Å². The van der Waals surface area contributed by atoms with Gasteiger partial charge in [0, 0.05) is 30.5 Å². The Morgan fingerprint density at radius 3 is 3.05 bits per heavy atom. The average molecular weight is 299 g/mol. The Kier molecular flexibility index (Phi) is 3.72. The molecule has 5 nitrogen and oxygen atoms in total. The number of benzene rings is 1. The fraction of sp³-hybridized carbons (Fsp3) is 0.471. The predicted molar refractivity (Wildman–Crippen MR) is 83.1 cm³/mol. The quantitative estimate of drug-likeness (QED) is 0.868. The molecule has 1 aromatic carbocycles. The Morgan fingerprint density at radius 1 is 1.18 bits per heavy atom. The first-order valence-corrected chi connectivity index (χ1v) is 7.99. The standard InChI is InChI=1S/C17H21N3O2/c1-4-14(17-16(6-1)21-10-11-22-17)12-19-8-2-5-15(19)13-20-9-3-7-18-20/h1,3-4,6-7,9,15H,2,5,8,10-13H2/t15-/m1/s1. The van der Waals surface area contributed by atoms with Crippen LogP contribution >= 0.6 is 0 Å². The van der Waals surface area contributed by atoms with E-state index in [1.165, 1.54) is 18.4 Å². The van der Waals surface area contributed by atoms with Crippen molar-refractivity contribution >= 4 is 0 Å². The van der Waals surface area contributed by atoms with Crippen molar-refractivity contribution in [3.05, 3.63) is 42.2 Å². The van der Waals surface area contributed by atoms with Gasteiger partial charge in [-0.15, -0.1) is 0 Å². The molecule has 0 N–H and O–H groups in total.